The van der Waals surface area contributed by atoms with Crippen LogP contribution >= 0.6 is 0 Å². The van der Waals surface area contributed by atoms with Crippen LogP contribution in [0.4, 0.5) is 21.2 Å². The first-order chi connectivity index (χ1) is 22.4. The molecule has 230 valence electrons. The minimum atomic E-state index is -1.13. The third kappa shape index (κ3) is 5.54. The van der Waals surface area contributed by atoms with Crippen LogP contribution in [-0.4, -0.2) is 38.5 Å². The Morgan fingerprint density at radius 1 is 0.826 bits per heavy atom. The number of amides is 3. The number of benzene rings is 4. The maximum absolute atomic E-state index is 13.2. The molecule has 0 saturated carbocycles. The lowest BCUT2D eigenvalue weighted by molar-refractivity contribution is 0.202. The van der Waals surface area contributed by atoms with Gasteiger partial charge in [-0.15, -0.1) is 0 Å². The van der Waals surface area contributed by atoms with Crippen molar-refractivity contribution in [1.29, 1.82) is 0 Å². The third-order valence-electron chi connectivity index (χ3n) is 8.13. The lowest BCUT2D eigenvalue weighted by Gasteiger charge is -2.37. The molecule has 6 rings (SSSR count). The van der Waals surface area contributed by atoms with Gasteiger partial charge in [0, 0.05) is 18.8 Å². The zero-order valence-electron chi connectivity index (χ0n) is 25.5. The lowest BCUT2D eigenvalue weighted by Crippen LogP contribution is -2.39. The van der Waals surface area contributed by atoms with Crippen LogP contribution in [0.25, 0.3) is 10.9 Å². The number of carbonyl (C=O) groups is 2. The number of rotatable bonds is 9. The fourth-order valence-corrected chi connectivity index (χ4v) is 5.97. The van der Waals surface area contributed by atoms with Crippen molar-refractivity contribution in [3.05, 3.63) is 156 Å². The van der Waals surface area contributed by atoms with Crippen LogP contribution in [0, 0.1) is 0 Å². The monoisotopic (exact) mass is 610 g/mol. The summed E-state index contributed by atoms with van der Waals surface area (Å²) in [7, 11) is 0. The maximum atomic E-state index is 13.2. The third-order valence-corrected chi connectivity index (χ3v) is 8.13. The number of anilines is 2. The molecule has 0 bridgehead atoms. The summed E-state index contributed by atoms with van der Waals surface area (Å²) < 4.78 is 1.86. The summed E-state index contributed by atoms with van der Waals surface area (Å²) in [5.74, 6) is 0.540. The summed E-state index contributed by atoms with van der Waals surface area (Å²) in [6.07, 6.45) is 0.442. The van der Waals surface area contributed by atoms with E-state index >= 15 is 0 Å². The SMILES string of the molecule is CCN(C(=O)O)c1nn(C(c2ccccc2)(c2ccccc2)c2ccccc2)c2cc(NC(=O)NC(C)c3ccccc3)ncc12. The van der Waals surface area contributed by atoms with Crippen molar-refractivity contribution in [2.24, 2.45) is 0 Å². The lowest BCUT2D eigenvalue weighted by atomic mass is 9.77. The van der Waals surface area contributed by atoms with Crippen LogP contribution in [0.2, 0.25) is 0 Å². The van der Waals surface area contributed by atoms with Crippen LogP contribution < -0.4 is 15.5 Å². The smallest absolute Gasteiger partial charge is 0.413 e. The minimum absolute atomic E-state index is 0.177. The molecule has 0 fully saturated rings. The first-order valence-electron chi connectivity index (χ1n) is 15.1. The van der Waals surface area contributed by atoms with Gasteiger partial charge in [0.15, 0.2) is 5.82 Å². The molecule has 0 saturated heterocycles. The number of hydrogen-bond acceptors (Lipinski definition) is 4. The second-order valence-corrected chi connectivity index (χ2v) is 10.9. The van der Waals surface area contributed by atoms with E-state index in [4.69, 9.17) is 5.10 Å². The van der Waals surface area contributed by atoms with E-state index in [1.54, 1.807) is 19.2 Å². The average molecular weight is 611 g/mol. The number of fused-ring (bicyclic) bond motifs is 1. The molecule has 1 unspecified atom stereocenters. The van der Waals surface area contributed by atoms with E-state index in [9.17, 15) is 14.7 Å². The normalized spacial score (nSPS) is 12.0. The zero-order valence-corrected chi connectivity index (χ0v) is 25.5. The van der Waals surface area contributed by atoms with E-state index in [2.05, 4.69) is 15.6 Å². The van der Waals surface area contributed by atoms with Crippen LogP contribution in [0.1, 0.15) is 42.1 Å². The summed E-state index contributed by atoms with van der Waals surface area (Å²) in [4.78, 5) is 31.4. The maximum Gasteiger partial charge on any atom is 0.413 e. The number of carbonyl (C=O) groups excluding carboxylic acids is 1. The van der Waals surface area contributed by atoms with E-state index in [1.165, 1.54) is 4.90 Å². The summed E-state index contributed by atoms with van der Waals surface area (Å²) in [5, 5.41) is 21.6. The van der Waals surface area contributed by atoms with Crippen molar-refractivity contribution >= 4 is 34.7 Å². The number of urea groups is 1. The molecule has 9 heteroatoms. The van der Waals surface area contributed by atoms with Gasteiger partial charge in [-0.3, -0.25) is 10.2 Å². The van der Waals surface area contributed by atoms with E-state index in [-0.39, 0.29) is 18.4 Å². The second-order valence-electron chi connectivity index (χ2n) is 10.9. The topological polar surface area (TPSA) is 112 Å². The number of carboxylic acid groups (broad SMARTS) is 1. The highest BCUT2D eigenvalue weighted by atomic mass is 16.4. The molecule has 0 aliphatic heterocycles. The summed E-state index contributed by atoms with van der Waals surface area (Å²) in [6, 6.07) is 40.8. The molecule has 1 atom stereocenters. The Morgan fingerprint density at radius 3 is 1.80 bits per heavy atom. The Bertz CT molecular complexity index is 1850. The highest BCUT2D eigenvalue weighted by Gasteiger charge is 2.41. The zero-order chi connectivity index (χ0) is 32.1. The van der Waals surface area contributed by atoms with Crippen molar-refractivity contribution < 1.29 is 14.7 Å². The highest BCUT2D eigenvalue weighted by Crippen LogP contribution is 2.44. The van der Waals surface area contributed by atoms with Crippen LogP contribution in [-0.2, 0) is 5.54 Å². The van der Waals surface area contributed by atoms with Gasteiger partial charge < -0.3 is 10.4 Å². The van der Waals surface area contributed by atoms with Crippen LogP contribution in [0.3, 0.4) is 0 Å². The van der Waals surface area contributed by atoms with Gasteiger partial charge in [0.25, 0.3) is 0 Å². The molecule has 9 nitrogen and oxygen atoms in total. The fourth-order valence-electron chi connectivity index (χ4n) is 5.97. The van der Waals surface area contributed by atoms with Gasteiger partial charge in [0.1, 0.15) is 11.4 Å². The predicted octanol–water partition coefficient (Wildman–Crippen LogP) is 7.66. The summed E-state index contributed by atoms with van der Waals surface area (Å²) in [5.41, 5.74) is 3.29. The largest absolute Gasteiger partial charge is 0.465 e. The molecule has 4 aromatic carbocycles. The fraction of sp³-hybridized carbons (Fsp3) is 0.135. The van der Waals surface area contributed by atoms with E-state index < -0.39 is 17.7 Å². The van der Waals surface area contributed by atoms with Gasteiger partial charge in [-0.1, -0.05) is 121 Å². The van der Waals surface area contributed by atoms with Crippen LogP contribution in [0.5, 0.6) is 0 Å². The van der Waals surface area contributed by atoms with Crippen molar-refractivity contribution in [3.63, 3.8) is 0 Å². The van der Waals surface area contributed by atoms with E-state index in [0.29, 0.717) is 16.7 Å². The Kier molecular flexibility index (Phi) is 8.47. The summed E-state index contributed by atoms with van der Waals surface area (Å²) >= 11 is 0. The quantitative estimate of drug-likeness (QED) is 0.146. The number of nitrogens with one attached hydrogen (secondary N) is 2. The number of nitrogens with zero attached hydrogens (tertiary/aromatic N) is 4. The van der Waals surface area contributed by atoms with Crippen molar-refractivity contribution in [2.45, 2.75) is 25.4 Å². The molecule has 0 aliphatic rings. The Labute approximate surface area is 267 Å². The molecule has 3 amide bonds. The van der Waals surface area contributed by atoms with E-state index in [1.807, 2.05) is 133 Å². The average Bonchev–Trinajstić information content (AvgIpc) is 3.45. The molecule has 2 heterocycles. The Hall–Kier alpha value is -5.96. The Morgan fingerprint density at radius 2 is 1.33 bits per heavy atom. The van der Waals surface area contributed by atoms with Gasteiger partial charge in [-0.05, 0) is 36.1 Å². The molecule has 6 aromatic rings. The van der Waals surface area contributed by atoms with E-state index in [0.717, 1.165) is 22.3 Å². The number of hydrogen-bond donors (Lipinski definition) is 3. The van der Waals surface area contributed by atoms with Crippen molar-refractivity contribution in [1.82, 2.24) is 20.1 Å². The summed E-state index contributed by atoms with van der Waals surface area (Å²) in [6.45, 7) is 3.85. The predicted molar refractivity (Wildman–Crippen MR) is 180 cm³/mol. The number of pyridine rings is 1. The molecule has 0 radical (unpaired) electrons. The van der Waals surface area contributed by atoms with Gasteiger partial charge in [0.05, 0.1) is 16.9 Å². The molecule has 0 spiro atoms. The minimum Gasteiger partial charge on any atom is -0.465 e. The Balaban J connectivity index is 1.58. The molecular formula is C37H34N6O3. The molecule has 46 heavy (non-hydrogen) atoms. The number of aromatic nitrogens is 3. The highest BCUT2D eigenvalue weighted by molar-refractivity contribution is 6.00. The van der Waals surface area contributed by atoms with Crippen molar-refractivity contribution in [2.75, 3.05) is 16.8 Å². The van der Waals surface area contributed by atoms with Gasteiger partial charge in [-0.25, -0.2) is 19.3 Å². The van der Waals surface area contributed by atoms with Crippen molar-refractivity contribution in [3.8, 4) is 0 Å². The first-order valence-corrected chi connectivity index (χ1v) is 15.1. The second kappa shape index (κ2) is 13.0. The first kappa shape index (κ1) is 30.1. The molecule has 0 aliphatic carbocycles. The molecule has 3 N–H and O–H groups in total. The molecule has 2 aromatic heterocycles. The standard InChI is InChI=1S/C37H34N6O3/c1-3-42(36(45)46)34-31-25-38-33(40-35(44)39-26(2)27-16-8-4-9-17-27)24-32(31)43(41-34)37(28-18-10-5-11-19-28,29-20-12-6-13-21-29)30-22-14-7-15-23-30/h4-26H,3H2,1-2H3,(H,45,46)(H2,38,39,40,44). The van der Waals surface area contributed by atoms with Gasteiger partial charge in [-0.2, -0.15) is 5.10 Å². The van der Waals surface area contributed by atoms with Gasteiger partial charge in [0.2, 0.25) is 0 Å². The van der Waals surface area contributed by atoms with Crippen LogP contribution in [0.15, 0.2) is 134 Å². The molecular weight excluding hydrogens is 576 g/mol. The van der Waals surface area contributed by atoms with Gasteiger partial charge >= 0.3 is 12.1 Å².